The first-order chi connectivity index (χ1) is 12.4. The van der Waals surface area contributed by atoms with Crippen molar-refractivity contribution in [2.75, 3.05) is 11.9 Å². The molecule has 9 heteroatoms. The Kier molecular flexibility index (Phi) is 5.15. The summed E-state index contributed by atoms with van der Waals surface area (Å²) in [7, 11) is 0. The summed E-state index contributed by atoms with van der Waals surface area (Å²) in [6, 6.07) is 9.38. The number of hydrogen-bond donors (Lipinski definition) is 1. The van der Waals surface area contributed by atoms with E-state index in [1.54, 1.807) is 12.1 Å². The number of nitrogens with one attached hydrogen (secondary N) is 1. The maximum absolute atomic E-state index is 12.9. The van der Waals surface area contributed by atoms with Crippen LogP contribution < -0.4 is 5.32 Å². The van der Waals surface area contributed by atoms with Crippen LogP contribution in [0.15, 0.2) is 47.0 Å². The fourth-order valence-corrected chi connectivity index (χ4v) is 2.22. The van der Waals surface area contributed by atoms with Crippen molar-refractivity contribution in [1.82, 2.24) is 15.1 Å². The van der Waals surface area contributed by atoms with E-state index in [0.717, 1.165) is 6.07 Å². The largest absolute Gasteiger partial charge is 0.433 e. The lowest BCUT2D eigenvalue weighted by Crippen LogP contribution is -2.11. The van der Waals surface area contributed by atoms with Gasteiger partial charge in [-0.2, -0.15) is 18.2 Å². The number of benzene rings is 1. The number of nitrogens with zero attached hydrogens (tertiary/aromatic N) is 3. The Morgan fingerprint density at radius 1 is 1.00 bits per heavy atom. The second kappa shape index (κ2) is 7.51. The van der Waals surface area contributed by atoms with Crippen molar-refractivity contribution in [2.45, 2.75) is 19.0 Å². The lowest BCUT2D eigenvalue weighted by atomic mass is 10.2. The predicted octanol–water partition coefficient (Wildman–Crippen LogP) is 4.33. The molecule has 2 aromatic heterocycles. The number of aromatic nitrogens is 3. The molecular weight excluding hydrogens is 352 g/mol. The van der Waals surface area contributed by atoms with Gasteiger partial charge >= 0.3 is 6.18 Å². The third kappa shape index (κ3) is 4.56. The average molecular weight is 366 g/mol. The molecule has 0 aliphatic carbocycles. The van der Waals surface area contributed by atoms with Gasteiger partial charge in [0.25, 0.3) is 0 Å². The Morgan fingerprint density at radius 2 is 1.77 bits per heavy atom. The molecule has 1 N–H and O–H groups in total. The van der Waals surface area contributed by atoms with Crippen molar-refractivity contribution in [3.63, 3.8) is 0 Å². The van der Waals surface area contributed by atoms with Gasteiger partial charge in [-0.3, -0.25) is 0 Å². The highest BCUT2D eigenvalue weighted by molar-refractivity contribution is 5.53. The Labute approximate surface area is 146 Å². The van der Waals surface area contributed by atoms with Gasteiger partial charge in [0.15, 0.2) is 0 Å². The second-order valence-corrected chi connectivity index (χ2v) is 5.45. The summed E-state index contributed by atoms with van der Waals surface area (Å²) in [6.45, 7) is 0.391. The van der Waals surface area contributed by atoms with Gasteiger partial charge in [0.2, 0.25) is 11.7 Å². The van der Waals surface area contributed by atoms with Crippen molar-refractivity contribution in [2.24, 2.45) is 0 Å². The van der Waals surface area contributed by atoms with Crippen LogP contribution in [0.2, 0.25) is 0 Å². The first-order valence-electron chi connectivity index (χ1n) is 7.78. The normalized spacial score (nSPS) is 11.5. The third-order valence-corrected chi connectivity index (χ3v) is 3.48. The van der Waals surface area contributed by atoms with Crippen LogP contribution in [0.1, 0.15) is 18.0 Å². The van der Waals surface area contributed by atoms with Gasteiger partial charge in [-0.05, 0) is 42.8 Å². The zero-order valence-corrected chi connectivity index (χ0v) is 13.4. The minimum Gasteiger partial charge on any atom is -0.370 e. The van der Waals surface area contributed by atoms with Crippen LogP contribution in [0.3, 0.4) is 0 Å². The molecule has 0 amide bonds. The van der Waals surface area contributed by atoms with Gasteiger partial charge in [0, 0.05) is 18.5 Å². The van der Waals surface area contributed by atoms with Crippen molar-refractivity contribution < 1.29 is 22.1 Å². The van der Waals surface area contributed by atoms with Gasteiger partial charge in [-0.15, -0.1) is 0 Å². The molecule has 0 unspecified atom stereocenters. The molecule has 1 aromatic carbocycles. The average Bonchev–Trinajstić information content (AvgIpc) is 3.08. The zero-order valence-electron chi connectivity index (χ0n) is 13.4. The van der Waals surface area contributed by atoms with Crippen LogP contribution >= 0.6 is 0 Å². The van der Waals surface area contributed by atoms with E-state index >= 15 is 0 Å². The molecular formula is C17H14F4N4O. The smallest absolute Gasteiger partial charge is 0.370 e. The van der Waals surface area contributed by atoms with E-state index in [1.807, 2.05) is 0 Å². The van der Waals surface area contributed by atoms with Gasteiger partial charge in [-0.25, -0.2) is 9.37 Å². The molecule has 0 fully saturated rings. The van der Waals surface area contributed by atoms with E-state index in [0.29, 0.717) is 36.7 Å². The van der Waals surface area contributed by atoms with Crippen LogP contribution in [-0.4, -0.2) is 21.7 Å². The monoisotopic (exact) mass is 366 g/mol. The number of halogens is 4. The van der Waals surface area contributed by atoms with Crippen LogP contribution in [0, 0.1) is 5.82 Å². The predicted molar refractivity (Wildman–Crippen MR) is 85.7 cm³/mol. The highest BCUT2D eigenvalue weighted by Crippen LogP contribution is 2.28. The summed E-state index contributed by atoms with van der Waals surface area (Å²) in [5, 5.41) is 6.65. The molecule has 0 radical (unpaired) electrons. The van der Waals surface area contributed by atoms with E-state index in [-0.39, 0.29) is 11.6 Å². The molecule has 0 atom stereocenters. The molecule has 0 saturated heterocycles. The van der Waals surface area contributed by atoms with Crippen molar-refractivity contribution in [3.05, 3.63) is 59.9 Å². The summed E-state index contributed by atoms with van der Waals surface area (Å²) >= 11 is 0. The van der Waals surface area contributed by atoms with E-state index < -0.39 is 11.9 Å². The van der Waals surface area contributed by atoms with Crippen molar-refractivity contribution in [1.29, 1.82) is 0 Å². The SMILES string of the molecule is Fc1ccc(-c2noc(CCCNc3cccc(C(F)(F)F)n3)n2)cc1. The number of anilines is 1. The molecule has 136 valence electrons. The number of hydrogen-bond acceptors (Lipinski definition) is 5. The molecule has 0 aliphatic heterocycles. The van der Waals surface area contributed by atoms with Gasteiger partial charge in [-0.1, -0.05) is 11.2 Å². The van der Waals surface area contributed by atoms with Crippen LogP contribution in [-0.2, 0) is 12.6 Å². The molecule has 0 aliphatic rings. The molecule has 3 rings (SSSR count). The number of alkyl halides is 3. The van der Waals surface area contributed by atoms with Crippen LogP contribution in [0.4, 0.5) is 23.4 Å². The summed E-state index contributed by atoms with van der Waals surface area (Å²) in [5.74, 6) is 0.541. The highest BCUT2D eigenvalue weighted by Gasteiger charge is 2.32. The van der Waals surface area contributed by atoms with Gasteiger partial charge in [0.05, 0.1) is 0 Å². The van der Waals surface area contributed by atoms with E-state index in [9.17, 15) is 17.6 Å². The summed E-state index contributed by atoms with van der Waals surface area (Å²) < 4.78 is 55.8. The maximum Gasteiger partial charge on any atom is 0.433 e. The van der Waals surface area contributed by atoms with E-state index in [2.05, 4.69) is 20.4 Å². The summed E-state index contributed by atoms with van der Waals surface area (Å²) in [5.41, 5.74) is -0.309. The van der Waals surface area contributed by atoms with Crippen LogP contribution in [0.25, 0.3) is 11.4 Å². The summed E-state index contributed by atoms with van der Waals surface area (Å²) in [4.78, 5) is 7.73. The van der Waals surface area contributed by atoms with Gasteiger partial charge < -0.3 is 9.84 Å². The molecule has 3 aromatic rings. The molecule has 5 nitrogen and oxygen atoms in total. The second-order valence-electron chi connectivity index (χ2n) is 5.45. The van der Waals surface area contributed by atoms with Crippen LogP contribution in [0.5, 0.6) is 0 Å². The third-order valence-electron chi connectivity index (χ3n) is 3.48. The number of pyridine rings is 1. The minimum absolute atomic E-state index is 0.150. The molecule has 2 heterocycles. The first kappa shape index (κ1) is 17.8. The Morgan fingerprint density at radius 3 is 2.50 bits per heavy atom. The highest BCUT2D eigenvalue weighted by atomic mass is 19.4. The molecule has 0 spiro atoms. The fraction of sp³-hybridized carbons (Fsp3) is 0.235. The zero-order chi connectivity index (χ0) is 18.6. The van der Waals surface area contributed by atoms with Crippen molar-refractivity contribution >= 4 is 5.82 Å². The van der Waals surface area contributed by atoms with Gasteiger partial charge in [0.1, 0.15) is 17.3 Å². The van der Waals surface area contributed by atoms with E-state index in [4.69, 9.17) is 4.52 Å². The van der Waals surface area contributed by atoms with E-state index in [1.165, 1.54) is 24.3 Å². The summed E-state index contributed by atoms with van der Waals surface area (Å²) in [6.07, 6.45) is -3.47. The standard InChI is InChI=1S/C17H14F4N4O/c18-12-8-6-11(7-9-12)16-24-15(26-25-16)5-2-10-22-14-4-1-3-13(23-14)17(19,20)21/h1,3-4,6-9H,2,5,10H2,(H,22,23). The van der Waals surface area contributed by atoms with Crippen molar-refractivity contribution in [3.8, 4) is 11.4 Å². The fourth-order valence-electron chi connectivity index (χ4n) is 2.22. The topological polar surface area (TPSA) is 63.8 Å². The lowest BCUT2D eigenvalue weighted by Gasteiger charge is -2.08. The molecule has 0 saturated carbocycles. The Bertz CT molecular complexity index is 862. The lowest BCUT2D eigenvalue weighted by molar-refractivity contribution is -0.141. The Balaban J connectivity index is 1.51. The molecule has 26 heavy (non-hydrogen) atoms. The number of rotatable bonds is 6. The maximum atomic E-state index is 12.9. The number of aryl methyl sites for hydroxylation is 1. The minimum atomic E-state index is -4.47. The molecule has 0 bridgehead atoms. The first-order valence-corrected chi connectivity index (χ1v) is 7.78. The Hall–Kier alpha value is -2.97. The quantitative estimate of drug-likeness (QED) is 0.520.